The number of carbonyl (C=O) groups excluding carboxylic acids is 3. The van der Waals surface area contributed by atoms with Crippen molar-refractivity contribution in [2.24, 2.45) is 0 Å². The first-order valence-corrected chi connectivity index (χ1v) is 5.14. The molecule has 1 aromatic rings. The van der Waals surface area contributed by atoms with Crippen molar-refractivity contribution in [3.05, 3.63) is 29.6 Å². The van der Waals surface area contributed by atoms with Gasteiger partial charge >= 0.3 is 0 Å². The highest BCUT2D eigenvalue weighted by atomic mass is 16.2. The summed E-state index contributed by atoms with van der Waals surface area (Å²) in [6.45, 7) is 1.77. The zero-order valence-corrected chi connectivity index (χ0v) is 9.19. The lowest BCUT2D eigenvalue weighted by Crippen LogP contribution is -2.40. The molecule has 1 unspecified atom stereocenters. The molecule has 2 heterocycles. The highest BCUT2D eigenvalue weighted by Crippen LogP contribution is 2.04. The second-order valence-electron chi connectivity index (χ2n) is 3.81. The summed E-state index contributed by atoms with van der Waals surface area (Å²) in [6, 6.07) is 4.23. The predicted molar refractivity (Wildman–Crippen MR) is 58.0 cm³/mol. The summed E-state index contributed by atoms with van der Waals surface area (Å²) in [5.74, 6) is -1.31. The number of nitrogens with one attached hydrogen (secondary N) is 2. The van der Waals surface area contributed by atoms with Gasteiger partial charge in [0.1, 0.15) is 11.7 Å². The summed E-state index contributed by atoms with van der Waals surface area (Å²) < 4.78 is 0. The Bertz CT molecular complexity index is 498. The fraction of sp³-hybridized carbons (Fsp3) is 0.273. The Morgan fingerprint density at radius 2 is 2.24 bits per heavy atom. The van der Waals surface area contributed by atoms with Crippen LogP contribution in [0.3, 0.4) is 0 Å². The Morgan fingerprint density at radius 1 is 1.47 bits per heavy atom. The molecule has 6 nitrogen and oxygen atoms in total. The second kappa shape index (κ2) is 4.32. The number of rotatable bonds is 2. The highest BCUT2D eigenvalue weighted by Gasteiger charge is 2.31. The van der Waals surface area contributed by atoms with Crippen LogP contribution in [0.2, 0.25) is 0 Å². The van der Waals surface area contributed by atoms with Crippen molar-refractivity contribution >= 4 is 17.7 Å². The van der Waals surface area contributed by atoms with E-state index in [1.807, 2.05) is 0 Å². The van der Waals surface area contributed by atoms with E-state index in [4.69, 9.17) is 0 Å². The molecule has 88 valence electrons. The monoisotopic (exact) mass is 233 g/mol. The maximum atomic E-state index is 11.7. The predicted octanol–water partition coefficient (Wildman–Crippen LogP) is -0.465. The zero-order chi connectivity index (χ0) is 12.4. The number of carbonyl (C=O) groups is 3. The van der Waals surface area contributed by atoms with Crippen LogP contribution in [0, 0.1) is 6.92 Å². The van der Waals surface area contributed by atoms with Crippen LogP contribution in [0.15, 0.2) is 18.2 Å². The zero-order valence-electron chi connectivity index (χ0n) is 9.19. The summed E-state index contributed by atoms with van der Waals surface area (Å²) in [6.07, 6.45) is -0.0175. The van der Waals surface area contributed by atoms with Crippen molar-refractivity contribution in [3.63, 3.8) is 0 Å². The van der Waals surface area contributed by atoms with Crippen LogP contribution in [0.5, 0.6) is 0 Å². The molecule has 0 bridgehead atoms. The number of aryl methyl sites for hydroxylation is 1. The Labute approximate surface area is 97.4 Å². The lowest BCUT2D eigenvalue weighted by atomic mass is 10.2. The van der Waals surface area contributed by atoms with Gasteiger partial charge in [-0.15, -0.1) is 0 Å². The van der Waals surface area contributed by atoms with Crippen LogP contribution in [-0.2, 0) is 9.59 Å². The molecule has 17 heavy (non-hydrogen) atoms. The van der Waals surface area contributed by atoms with E-state index in [2.05, 4.69) is 15.6 Å². The molecule has 0 radical (unpaired) electrons. The van der Waals surface area contributed by atoms with Gasteiger partial charge < -0.3 is 5.32 Å². The van der Waals surface area contributed by atoms with Gasteiger partial charge in [-0.1, -0.05) is 6.07 Å². The van der Waals surface area contributed by atoms with E-state index in [0.29, 0.717) is 5.69 Å². The molecule has 0 aromatic carbocycles. The SMILES string of the molecule is Cc1cccc(C(=O)NC2CC(=O)NC2=O)n1. The van der Waals surface area contributed by atoms with Crippen LogP contribution in [0.4, 0.5) is 0 Å². The summed E-state index contributed by atoms with van der Waals surface area (Å²) in [5, 5.41) is 4.59. The number of pyridine rings is 1. The molecule has 3 amide bonds. The normalized spacial score (nSPS) is 19.0. The molecule has 1 saturated heterocycles. The van der Waals surface area contributed by atoms with Crippen molar-refractivity contribution in [3.8, 4) is 0 Å². The van der Waals surface area contributed by atoms with Gasteiger partial charge in [0.25, 0.3) is 5.91 Å². The molecular weight excluding hydrogens is 222 g/mol. The lowest BCUT2D eigenvalue weighted by molar-refractivity contribution is -0.125. The van der Waals surface area contributed by atoms with Crippen molar-refractivity contribution < 1.29 is 14.4 Å². The van der Waals surface area contributed by atoms with E-state index < -0.39 is 17.9 Å². The molecule has 2 N–H and O–H groups in total. The molecule has 1 aliphatic heterocycles. The van der Waals surface area contributed by atoms with Crippen LogP contribution in [0.25, 0.3) is 0 Å². The van der Waals surface area contributed by atoms with Gasteiger partial charge in [-0.05, 0) is 19.1 Å². The van der Waals surface area contributed by atoms with Gasteiger partial charge in [-0.25, -0.2) is 4.98 Å². The van der Waals surface area contributed by atoms with Crippen LogP contribution >= 0.6 is 0 Å². The van der Waals surface area contributed by atoms with E-state index in [0.717, 1.165) is 0 Å². The topological polar surface area (TPSA) is 88.2 Å². The summed E-state index contributed by atoms with van der Waals surface area (Å²) >= 11 is 0. The first-order valence-electron chi connectivity index (χ1n) is 5.14. The average Bonchev–Trinajstić information content (AvgIpc) is 2.57. The molecule has 1 aromatic heterocycles. The standard InChI is InChI=1S/C11H11N3O3/c1-6-3-2-4-7(12-6)10(16)13-8-5-9(15)14-11(8)17/h2-4,8H,5H2,1H3,(H,13,16)(H,14,15,17). The fourth-order valence-electron chi connectivity index (χ4n) is 1.57. The fourth-order valence-corrected chi connectivity index (χ4v) is 1.57. The molecule has 0 aliphatic carbocycles. The van der Waals surface area contributed by atoms with E-state index >= 15 is 0 Å². The van der Waals surface area contributed by atoms with Crippen molar-refractivity contribution in [1.29, 1.82) is 0 Å². The first-order chi connectivity index (χ1) is 8.06. The quantitative estimate of drug-likeness (QED) is 0.676. The van der Waals surface area contributed by atoms with Crippen LogP contribution < -0.4 is 10.6 Å². The van der Waals surface area contributed by atoms with Crippen LogP contribution in [0.1, 0.15) is 22.6 Å². The molecular formula is C11H11N3O3. The van der Waals surface area contributed by atoms with Crippen LogP contribution in [-0.4, -0.2) is 28.7 Å². The van der Waals surface area contributed by atoms with E-state index in [-0.39, 0.29) is 18.0 Å². The number of hydrogen-bond acceptors (Lipinski definition) is 4. The van der Waals surface area contributed by atoms with Gasteiger partial charge in [0, 0.05) is 5.69 Å². The summed E-state index contributed by atoms with van der Waals surface area (Å²) in [7, 11) is 0. The van der Waals surface area contributed by atoms with Gasteiger partial charge in [-0.3, -0.25) is 19.7 Å². The maximum Gasteiger partial charge on any atom is 0.270 e. The molecule has 2 rings (SSSR count). The van der Waals surface area contributed by atoms with Crippen molar-refractivity contribution in [2.45, 2.75) is 19.4 Å². The second-order valence-corrected chi connectivity index (χ2v) is 3.81. The largest absolute Gasteiger partial charge is 0.338 e. The molecule has 6 heteroatoms. The minimum Gasteiger partial charge on any atom is -0.338 e. The highest BCUT2D eigenvalue weighted by molar-refractivity contribution is 6.07. The lowest BCUT2D eigenvalue weighted by Gasteiger charge is -2.08. The number of aromatic nitrogens is 1. The first kappa shape index (κ1) is 11.3. The minimum absolute atomic E-state index is 0.0175. The maximum absolute atomic E-state index is 11.7. The third kappa shape index (κ3) is 2.47. The molecule has 1 fully saturated rings. The average molecular weight is 233 g/mol. The van der Waals surface area contributed by atoms with Crippen molar-refractivity contribution in [2.75, 3.05) is 0 Å². The molecule has 0 spiro atoms. The third-order valence-corrected chi connectivity index (χ3v) is 2.39. The van der Waals surface area contributed by atoms with Gasteiger partial charge in [0.05, 0.1) is 6.42 Å². The molecule has 0 saturated carbocycles. The summed E-state index contributed by atoms with van der Waals surface area (Å²) in [4.78, 5) is 38.0. The van der Waals surface area contributed by atoms with E-state index in [1.165, 1.54) is 0 Å². The summed E-state index contributed by atoms with van der Waals surface area (Å²) in [5.41, 5.74) is 0.946. The Hall–Kier alpha value is -2.24. The number of imide groups is 1. The Kier molecular flexibility index (Phi) is 2.86. The number of nitrogens with zero attached hydrogens (tertiary/aromatic N) is 1. The Morgan fingerprint density at radius 3 is 2.82 bits per heavy atom. The third-order valence-electron chi connectivity index (χ3n) is 2.39. The smallest absolute Gasteiger partial charge is 0.270 e. The van der Waals surface area contributed by atoms with E-state index in [1.54, 1.807) is 25.1 Å². The number of amides is 3. The van der Waals surface area contributed by atoms with Gasteiger partial charge in [-0.2, -0.15) is 0 Å². The molecule has 1 atom stereocenters. The Balaban J connectivity index is 2.07. The number of hydrogen-bond donors (Lipinski definition) is 2. The van der Waals surface area contributed by atoms with E-state index in [9.17, 15) is 14.4 Å². The van der Waals surface area contributed by atoms with Gasteiger partial charge in [0.15, 0.2) is 0 Å². The van der Waals surface area contributed by atoms with Gasteiger partial charge in [0.2, 0.25) is 11.8 Å². The van der Waals surface area contributed by atoms with Crippen molar-refractivity contribution in [1.82, 2.24) is 15.6 Å². The molecule has 1 aliphatic rings. The minimum atomic E-state index is -0.794.